The zero-order chi connectivity index (χ0) is 17.9. The van der Waals surface area contributed by atoms with Crippen molar-refractivity contribution in [3.05, 3.63) is 35.4 Å². The molecule has 1 spiro atoms. The summed E-state index contributed by atoms with van der Waals surface area (Å²) in [7, 11) is 0. The fraction of sp³-hybridized carbons (Fsp3) is 0.600. The van der Waals surface area contributed by atoms with Crippen LogP contribution in [0.2, 0.25) is 0 Å². The van der Waals surface area contributed by atoms with Crippen molar-refractivity contribution in [3.63, 3.8) is 0 Å². The van der Waals surface area contributed by atoms with Crippen molar-refractivity contribution in [1.82, 2.24) is 9.80 Å². The minimum Gasteiger partial charge on any atom is -0.372 e. The number of piperidine rings is 1. The minimum absolute atomic E-state index is 0.0613. The van der Waals surface area contributed by atoms with Crippen LogP contribution in [0.1, 0.15) is 43.7 Å². The summed E-state index contributed by atoms with van der Waals surface area (Å²) < 4.78 is 5.24. The van der Waals surface area contributed by atoms with Gasteiger partial charge in [-0.3, -0.25) is 9.59 Å². The molecule has 2 fully saturated rings. The Morgan fingerprint density at radius 2 is 2.00 bits per heavy atom. The van der Waals surface area contributed by atoms with Crippen LogP contribution >= 0.6 is 0 Å². The van der Waals surface area contributed by atoms with Crippen molar-refractivity contribution >= 4 is 11.8 Å². The van der Waals surface area contributed by atoms with E-state index in [1.165, 1.54) is 11.1 Å². The maximum Gasteiger partial charge on any atom is 0.248 e. The normalized spacial score (nSPS) is 19.7. The second-order valence-electron chi connectivity index (χ2n) is 7.21. The van der Waals surface area contributed by atoms with Crippen molar-refractivity contribution in [3.8, 4) is 0 Å². The summed E-state index contributed by atoms with van der Waals surface area (Å²) in [5.41, 5.74) is 2.32. The highest BCUT2D eigenvalue weighted by molar-refractivity contribution is 5.80. The molecule has 2 amide bonds. The molecule has 2 aliphatic heterocycles. The third-order valence-corrected chi connectivity index (χ3v) is 5.58. The molecule has 0 N–H and O–H groups in total. The first kappa shape index (κ1) is 17.9. The Labute approximate surface area is 149 Å². The molecular formula is C20H28N2O3. The lowest BCUT2D eigenvalue weighted by Gasteiger charge is -2.45. The van der Waals surface area contributed by atoms with Crippen LogP contribution in [0.15, 0.2) is 24.3 Å². The molecule has 1 aromatic rings. The summed E-state index contributed by atoms with van der Waals surface area (Å²) in [5.74, 6) is 0.307. The SMILES string of the molecule is CCOCC(=O)N1CCC2(CCC(=O)N2Cc2cccc(C)c2)CC1. The third-order valence-electron chi connectivity index (χ3n) is 5.58. The van der Waals surface area contributed by atoms with Crippen molar-refractivity contribution in [2.24, 2.45) is 0 Å². The van der Waals surface area contributed by atoms with Crippen LogP contribution in [-0.4, -0.2) is 53.5 Å². The molecule has 0 saturated carbocycles. The quantitative estimate of drug-likeness (QED) is 0.825. The average Bonchev–Trinajstić information content (AvgIpc) is 2.90. The van der Waals surface area contributed by atoms with E-state index in [4.69, 9.17) is 4.74 Å². The molecule has 136 valence electrons. The minimum atomic E-state index is -0.0801. The van der Waals surface area contributed by atoms with E-state index in [2.05, 4.69) is 30.0 Å². The Balaban J connectivity index is 1.66. The summed E-state index contributed by atoms with van der Waals surface area (Å²) in [6.45, 7) is 6.79. The van der Waals surface area contributed by atoms with Crippen molar-refractivity contribution in [1.29, 1.82) is 0 Å². The van der Waals surface area contributed by atoms with E-state index in [0.29, 0.717) is 32.7 Å². The first-order valence-electron chi connectivity index (χ1n) is 9.25. The van der Waals surface area contributed by atoms with E-state index in [9.17, 15) is 9.59 Å². The number of likely N-dealkylation sites (tertiary alicyclic amines) is 2. The van der Waals surface area contributed by atoms with E-state index in [1.54, 1.807) is 0 Å². The summed E-state index contributed by atoms with van der Waals surface area (Å²) in [6, 6.07) is 8.37. The molecule has 5 nitrogen and oxygen atoms in total. The lowest BCUT2D eigenvalue weighted by Crippen LogP contribution is -2.54. The molecule has 0 atom stereocenters. The molecule has 0 radical (unpaired) electrons. The average molecular weight is 344 g/mol. The number of rotatable bonds is 5. The molecule has 2 aliphatic rings. The number of amides is 2. The zero-order valence-corrected chi connectivity index (χ0v) is 15.3. The van der Waals surface area contributed by atoms with Crippen LogP contribution in [0, 0.1) is 6.92 Å². The number of aryl methyl sites for hydroxylation is 1. The summed E-state index contributed by atoms with van der Waals surface area (Å²) in [4.78, 5) is 28.6. The van der Waals surface area contributed by atoms with Crippen LogP contribution < -0.4 is 0 Å². The van der Waals surface area contributed by atoms with Gasteiger partial charge in [-0.1, -0.05) is 29.8 Å². The smallest absolute Gasteiger partial charge is 0.248 e. The Kier molecular flexibility index (Phi) is 5.42. The lowest BCUT2D eigenvalue weighted by atomic mass is 9.84. The predicted molar refractivity (Wildman–Crippen MR) is 96.0 cm³/mol. The molecule has 0 bridgehead atoms. The first-order chi connectivity index (χ1) is 12.0. The van der Waals surface area contributed by atoms with Crippen LogP contribution in [0.25, 0.3) is 0 Å². The van der Waals surface area contributed by atoms with Crippen LogP contribution in [0.5, 0.6) is 0 Å². The van der Waals surface area contributed by atoms with Gasteiger partial charge in [-0.05, 0) is 38.7 Å². The van der Waals surface area contributed by atoms with Gasteiger partial charge in [-0.25, -0.2) is 0 Å². The van der Waals surface area contributed by atoms with Gasteiger partial charge < -0.3 is 14.5 Å². The van der Waals surface area contributed by atoms with Gasteiger partial charge in [0.15, 0.2) is 0 Å². The van der Waals surface area contributed by atoms with Crippen LogP contribution in [0.4, 0.5) is 0 Å². The molecule has 25 heavy (non-hydrogen) atoms. The van der Waals surface area contributed by atoms with Crippen molar-refractivity contribution in [2.45, 2.75) is 51.6 Å². The van der Waals surface area contributed by atoms with Gasteiger partial charge in [0.1, 0.15) is 6.61 Å². The van der Waals surface area contributed by atoms with E-state index in [-0.39, 0.29) is 24.0 Å². The number of benzene rings is 1. The topological polar surface area (TPSA) is 49.9 Å². The van der Waals surface area contributed by atoms with Gasteiger partial charge in [0.05, 0.1) is 0 Å². The standard InChI is InChI=1S/C20H28N2O3/c1-3-25-15-19(24)21-11-9-20(10-12-21)8-7-18(23)22(20)14-17-6-4-5-16(2)13-17/h4-6,13H,3,7-12,14-15H2,1-2H3. The van der Waals surface area contributed by atoms with Crippen molar-refractivity contribution in [2.75, 3.05) is 26.3 Å². The molecule has 2 saturated heterocycles. The molecule has 5 heteroatoms. The lowest BCUT2D eigenvalue weighted by molar-refractivity contribution is -0.140. The second-order valence-corrected chi connectivity index (χ2v) is 7.21. The molecular weight excluding hydrogens is 316 g/mol. The summed E-state index contributed by atoms with van der Waals surface area (Å²) in [5, 5.41) is 0. The van der Waals surface area contributed by atoms with Gasteiger partial charge in [-0.2, -0.15) is 0 Å². The van der Waals surface area contributed by atoms with Gasteiger partial charge in [-0.15, -0.1) is 0 Å². The van der Waals surface area contributed by atoms with Crippen LogP contribution in [-0.2, 0) is 20.9 Å². The van der Waals surface area contributed by atoms with E-state index < -0.39 is 0 Å². The maximum absolute atomic E-state index is 12.5. The van der Waals surface area contributed by atoms with Gasteiger partial charge in [0, 0.05) is 38.2 Å². The maximum atomic E-state index is 12.5. The molecule has 2 heterocycles. The van der Waals surface area contributed by atoms with E-state index in [1.807, 2.05) is 17.9 Å². The highest BCUT2D eigenvalue weighted by Gasteiger charge is 2.47. The Morgan fingerprint density at radius 3 is 2.68 bits per heavy atom. The number of hydrogen-bond donors (Lipinski definition) is 0. The summed E-state index contributed by atoms with van der Waals surface area (Å²) in [6.07, 6.45) is 3.26. The number of ether oxygens (including phenoxy) is 1. The van der Waals surface area contributed by atoms with Gasteiger partial charge in [0.25, 0.3) is 0 Å². The van der Waals surface area contributed by atoms with E-state index in [0.717, 1.165) is 19.3 Å². The molecule has 0 aromatic heterocycles. The number of carbonyl (C=O) groups is 2. The third kappa shape index (κ3) is 3.87. The molecule has 0 unspecified atom stereocenters. The van der Waals surface area contributed by atoms with E-state index >= 15 is 0 Å². The Bertz CT molecular complexity index is 636. The van der Waals surface area contributed by atoms with Gasteiger partial charge >= 0.3 is 0 Å². The fourth-order valence-electron chi connectivity index (χ4n) is 4.10. The number of hydrogen-bond acceptors (Lipinski definition) is 3. The number of carbonyl (C=O) groups excluding carboxylic acids is 2. The highest BCUT2D eigenvalue weighted by atomic mass is 16.5. The highest BCUT2D eigenvalue weighted by Crippen LogP contribution is 2.40. The fourth-order valence-corrected chi connectivity index (χ4v) is 4.10. The van der Waals surface area contributed by atoms with Crippen LogP contribution in [0.3, 0.4) is 0 Å². The van der Waals surface area contributed by atoms with Gasteiger partial charge in [0.2, 0.25) is 11.8 Å². The molecule has 0 aliphatic carbocycles. The van der Waals surface area contributed by atoms with Crippen molar-refractivity contribution < 1.29 is 14.3 Å². The molecule has 3 rings (SSSR count). The molecule has 1 aromatic carbocycles. The number of nitrogens with zero attached hydrogens (tertiary/aromatic N) is 2. The largest absolute Gasteiger partial charge is 0.372 e. The summed E-state index contributed by atoms with van der Waals surface area (Å²) >= 11 is 0. The second kappa shape index (κ2) is 7.56. The Morgan fingerprint density at radius 1 is 1.24 bits per heavy atom. The first-order valence-corrected chi connectivity index (χ1v) is 9.25. The monoisotopic (exact) mass is 344 g/mol. The zero-order valence-electron chi connectivity index (χ0n) is 15.3. The predicted octanol–water partition coefficient (Wildman–Crippen LogP) is 2.52. The Hall–Kier alpha value is -1.88.